The number of aromatic amines is 1. The van der Waals surface area contributed by atoms with Crippen molar-refractivity contribution in [2.75, 3.05) is 24.8 Å². The minimum absolute atomic E-state index is 0.0454. The third-order valence-electron chi connectivity index (χ3n) is 2.84. The minimum Gasteiger partial charge on any atom is -0.444 e. The molecule has 0 spiro atoms. The van der Waals surface area contributed by atoms with Gasteiger partial charge in [-0.1, -0.05) is 0 Å². The van der Waals surface area contributed by atoms with E-state index in [1.807, 2.05) is 0 Å². The second-order valence-electron chi connectivity index (χ2n) is 4.38. The topological polar surface area (TPSA) is 128 Å². The van der Waals surface area contributed by atoms with Gasteiger partial charge in [0, 0.05) is 7.11 Å². The number of hydrogen-bond donors (Lipinski definition) is 3. The van der Waals surface area contributed by atoms with E-state index in [1.165, 1.54) is 11.7 Å². The number of aryl methyl sites for hydroxylation is 1. The lowest BCUT2D eigenvalue weighted by molar-refractivity contribution is 0.186. The Labute approximate surface area is 119 Å². The molecule has 2 heterocycles. The smallest absolute Gasteiger partial charge is 0.330 e. The fourth-order valence-electron chi connectivity index (χ4n) is 1.81. The van der Waals surface area contributed by atoms with Crippen LogP contribution in [0.5, 0.6) is 0 Å². The highest BCUT2D eigenvalue weighted by molar-refractivity contribution is 5.60. The first-order valence-electron chi connectivity index (χ1n) is 6.29. The molecule has 21 heavy (non-hydrogen) atoms. The molecule has 2 rings (SSSR count). The predicted molar refractivity (Wildman–Crippen MR) is 76.2 cm³/mol. The first kappa shape index (κ1) is 14.9. The fraction of sp³-hybridized carbons (Fsp3) is 0.417. The Balaban J connectivity index is 2.26. The van der Waals surface area contributed by atoms with Gasteiger partial charge in [0.25, 0.3) is 5.56 Å². The van der Waals surface area contributed by atoms with Gasteiger partial charge in [0.1, 0.15) is 17.3 Å². The van der Waals surface area contributed by atoms with Crippen LogP contribution in [0.3, 0.4) is 0 Å². The van der Waals surface area contributed by atoms with E-state index in [0.717, 1.165) is 0 Å². The maximum Gasteiger partial charge on any atom is 0.330 e. The number of aromatic nitrogens is 3. The van der Waals surface area contributed by atoms with Gasteiger partial charge in [-0.2, -0.15) is 0 Å². The first-order valence-corrected chi connectivity index (χ1v) is 6.29. The summed E-state index contributed by atoms with van der Waals surface area (Å²) in [5, 5.41) is 2.83. The molecule has 114 valence electrons. The van der Waals surface area contributed by atoms with E-state index in [0.29, 0.717) is 18.3 Å². The van der Waals surface area contributed by atoms with Crippen molar-refractivity contribution < 1.29 is 9.15 Å². The average Bonchev–Trinajstić information content (AvgIpc) is 2.84. The quantitative estimate of drug-likeness (QED) is 0.665. The summed E-state index contributed by atoms with van der Waals surface area (Å²) in [5.41, 5.74) is 4.80. The Morgan fingerprint density at radius 1 is 1.52 bits per heavy atom. The molecule has 9 heteroatoms. The third kappa shape index (κ3) is 3.31. The summed E-state index contributed by atoms with van der Waals surface area (Å²) in [6.07, 6.45) is 1.57. The minimum atomic E-state index is -0.588. The average molecular weight is 295 g/mol. The van der Waals surface area contributed by atoms with E-state index in [9.17, 15) is 9.59 Å². The molecule has 0 saturated heterocycles. The van der Waals surface area contributed by atoms with Crippen molar-refractivity contribution in [3.63, 3.8) is 0 Å². The number of oxazole rings is 1. The lowest BCUT2D eigenvalue weighted by Crippen LogP contribution is -2.34. The number of nitrogens with zero attached hydrogens (tertiary/aromatic N) is 2. The van der Waals surface area contributed by atoms with Crippen LogP contribution >= 0.6 is 0 Å². The molecule has 0 unspecified atom stereocenters. The Hall–Kier alpha value is -2.55. The summed E-state index contributed by atoms with van der Waals surface area (Å²) >= 11 is 0. The number of H-pyrrole nitrogens is 1. The molecule has 0 fully saturated rings. The normalized spacial score (nSPS) is 10.8. The zero-order valence-electron chi connectivity index (χ0n) is 11.8. The molecule has 2 aromatic rings. The van der Waals surface area contributed by atoms with Crippen LogP contribution in [0.1, 0.15) is 11.7 Å². The lowest BCUT2D eigenvalue weighted by atomic mass is 10.4. The molecule has 0 bridgehead atoms. The highest BCUT2D eigenvalue weighted by atomic mass is 16.5. The Bertz CT molecular complexity index is 730. The van der Waals surface area contributed by atoms with Gasteiger partial charge in [0.2, 0.25) is 5.89 Å². The van der Waals surface area contributed by atoms with Crippen LogP contribution in [0.25, 0.3) is 0 Å². The largest absolute Gasteiger partial charge is 0.444 e. The molecular formula is C12H17N5O4. The van der Waals surface area contributed by atoms with Crippen molar-refractivity contribution in [3.8, 4) is 0 Å². The van der Waals surface area contributed by atoms with Crippen LogP contribution < -0.4 is 22.3 Å². The standard InChI is InChI=1S/C12H17N5O4/c1-7-5-14-8(21-7)6-15-9-10(13)17(3-4-20-2)12(19)16-11(9)18/h5,15H,3-4,6,13H2,1-2H3,(H,16,18,19). The summed E-state index contributed by atoms with van der Waals surface area (Å²) < 4.78 is 11.4. The van der Waals surface area contributed by atoms with Gasteiger partial charge in [0.05, 0.1) is 25.9 Å². The molecular weight excluding hydrogens is 278 g/mol. The molecule has 4 N–H and O–H groups in total. The Morgan fingerprint density at radius 3 is 2.90 bits per heavy atom. The molecule has 0 atom stereocenters. The van der Waals surface area contributed by atoms with Gasteiger partial charge >= 0.3 is 5.69 Å². The summed E-state index contributed by atoms with van der Waals surface area (Å²) in [5.74, 6) is 1.13. The van der Waals surface area contributed by atoms with Crippen molar-refractivity contribution in [1.29, 1.82) is 0 Å². The van der Waals surface area contributed by atoms with E-state index >= 15 is 0 Å². The molecule has 0 aromatic carbocycles. The van der Waals surface area contributed by atoms with Gasteiger partial charge in [-0.05, 0) is 6.92 Å². The van der Waals surface area contributed by atoms with Crippen LogP contribution in [0.4, 0.5) is 11.5 Å². The van der Waals surface area contributed by atoms with Gasteiger partial charge < -0.3 is 20.2 Å². The maximum absolute atomic E-state index is 11.8. The first-order chi connectivity index (χ1) is 10.0. The second kappa shape index (κ2) is 6.27. The zero-order chi connectivity index (χ0) is 15.4. The highest BCUT2D eigenvalue weighted by Gasteiger charge is 2.12. The lowest BCUT2D eigenvalue weighted by Gasteiger charge is -2.12. The van der Waals surface area contributed by atoms with Crippen molar-refractivity contribution in [2.24, 2.45) is 0 Å². The zero-order valence-corrected chi connectivity index (χ0v) is 11.8. The fourth-order valence-corrected chi connectivity index (χ4v) is 1.81. The second-order valence-corrected chi connectivity index (χ2v) is 4.38. The molecule has 0 radical (unpaired) electrons. The number of hydrogen-bond acceptors (Lipinski definition) is 7. The Kier molecular flexibility index (Phi) is 4.43. The van der Waals surface area contributed by atoms with E-state index in [-0.39, 0.29) is 24.6 Å². The number of rotatable bonds is 6. The Morgan fingerprint density at radius 2 is 2.29 bits per heavy atom. The number of nitrogens with two attached hydrogens (primary N) is 1. The number of ether oxygens (including phenoxy) is 1. The number of anilines is 2. The van der Waals surface area contributed by atoms with Crippen molar-refractivity contribution in [3.05, 3.63) is 38.7 Å². The summed E-state index contributed by atoms with van der Waals surface area (Å²) in [7, 11) is 1.51. The van der Waals surface area contributed by atoms with Gasteiger partial charge in [-0.3, -0.25) is 14.3 Å². The molecule has 2 aromatic heterocycles. The molecule has 0 aliphatic carbocycles. The maximum atomic E-state index is 11.8. The van der Waals surface area contributed by atoms with E-state index in [4.69, 9.17) is 14.9 Å². The number of methoxy groups -OCH3 is 1. The van der Waals surface area contributed by atoms with Gasteiger partial charge in [-0.25, -0.2) is 9.78 Å². The van der Waals surface area contributed by atoms with Crippen LogP contribution in [0.15, 0.2) is 20.2 Å². The SMILES string of the molecule is COCCn1c(N)c(NCc2ncc(C)o2)c(=O)[nH]c1=O. The van der Waals surface area contributed by atoms with Gasteiger partial charge in [-0.15, -0.1) is 0 Å². The van der Waals surface area contributed by atoms with Crippen molar-refractivity contribution in [1.82, 2.24) is 14.5 Å². The van der Waals surface area contributed by atoms with E-state index < -0.39 is 11.2 Å². The number of nitrogens with one attached hydrogen (secondary N) is 2. The highest BCUT2D eigenvalue weighted by Crippen LogP contribution is 2.11. The molecule has 9 nitrogen and oxygen atoms in total. The van der Waals surface area contributed by atoms with E-state index in [2.05, 4.69) is 15.3 Å². The summed E-state index contributed by atoms with van der Waals surface area (Å²) in [4.78, 5) is 29.7. The molecule has 0 saturated carbocycles. The van der Waals surface area contributed by atoms with Crippen LogP contribution in [0.2, 0.25) is 0 Å². The summed E-state index contributed by atoms with van der Waals surface area (Å²) in [6, 6.07) is 0. The summed E-state index contributed by atoms with van der Waals surface area (Å²) in [6.45, 7) is 2.49. The van der Waals surface area contributed by atoms with Crippen molar-refractivity contribution >= 4 is 11.5 Å². The number of nitrogen functional groups attached to an aromatic ring is 1. The van der Waals surface area contributed by atoms with Crippen LogP contribution in [0, 0.1) is 6.92 Å². The monoisotopic (exact) mass is 295 g/mol. The van der Waals surface area contributed by atoms with Crippen molar-refractivity contribution in [2.45, 2.75) is 20.0 Å². The van der Waals surface area contributed by atoms with Gasteiger partial charge in [0.15, 0.2) is 0 Å². The molecule has 0 aliphatic heterocycles. The van der Waals surface area contributed by atoms with Crippen LogP contribution in [-0.4, -0.2) is 28.3 Å². The predicted octanol–water partition coefficient (Wildman–Crippen LogP) is -0.326. The van der Waals surface area contributed by atoms with E-state index in [1.54, 1.807) is 13.1 Å². The molecule has 0 aliphatic rings. The molecule has 0 amide bonds. The third-order valence-corrected chi connectivity index (χ3v) is 2.84. The van der Waals surface area contributed by atoms with Crippen LogP contribution in [-0.2, 0) is 17.8 Å².